The van der Waals surface area contributed by atoms with Crippen LogP contribution >= 0.6 is 11.6 Å². The van der Waals surface area contributed by atoms with Crippen molar-refractivity contribution in [1.29, 1.82) is 0 Å². The van der Waals surface area contributed by atoms with E-state index in [9.17, 15) is 19.7 Å². The third kappa shape index (κ3) is 3.83. The molecule has 0 fully saturated rings. The van der Waals surface area contributed by atoms with Crippen molar-refractivity contribution in [3.63, 3.8) is 0 Å². The van der Waals surface area contributed by atoms with Crippen LogP contribution in [0.15, 0.2) is 42.5 Å². The molecule has 0 saturated carbocycles. The maximum absolute atomic E-state index is 11.9. The van der Waals surface area contributed by atoms with Gasteiger partial charge in [0.2, 0.25) is 5.78 Å². The Morgan fingerprint density at radius 1 is 1.22 bits per heavy atom. The molecule has 7 nitrogen and oxygen atoms in total. The molecule has 23 heavy (non-hydrogen) atoms. The van der Waals surface area contributed by atoms with Crippen molar-refractivity contribution in [2.24, 2.45) is 0 Å². The molecule has 2 aromatic carbocycles. The highest BCUT2D eigenvalue weighted by Gasteiger charge is 2.18. The third-order valence-electron chi connectivity index (χ3n) is 2.97. The van der Waals surface area contributed by atoms with Crippen molar-refractivity contribution in [2.45, 2.75) is 0 Å². The molecule has 0 unspecified atom stereocenters. The van der Waals surface area contributed by atoms with Crippen molar-refractivity contribution >= 4 is 34.7 Å². The first-order chi connectivity index (χ1) is 10.9. The summed E-state index contributed by atoms with van der Waals surface area (Å²) < 4.78 is 4.86. The summed E-state index contributed by atoms with van der Waals surface area (Å²) in [6, 6.07) is 9.85. The number of ether oxygens (including phenoxy) is 1. The monoisotopic (exact) mass is 334 g/mol. The molecule has 0 amide bonds. The minimum absolute atomic E-state index is 0.0707. The fraction of sp³-hybridized carbons (Fsp3) is 0.0667. The Morgan fingerprint density at radius 2 is 1.91 bits per heavy atom. The van der Waals surface area contributed by atoms with Gasteiger partial charge in [-0.15, -0.1) is 0 Å². The van der Waals surface area contributed by atoms with Gasteiger partial charge in [-0.25, -0.2) is 4.79 Å². The number of ketones is 1. The lowest BCUT2D eigenvalue weighted by Crippen LogP contribution is -2.15. The lowest BCUT2D eigenvalue weighted by atomic mass is 10.1. The maximum Gasteiger partial charge on any atom is 0.338 e. The maximum atomic E-state index is 11.9. The van der Waals surface area contributed by atoms with Gasteiger partial charge in [0.15, 0.2) is 6.61 Å². The zero-order valence-electron chi connectivity index (χ0n) is 11.7. The molecule has 2 N–H and O–H groups in total. The minimum Gasteiger partial charge on any atom is -0.454 e. The van der Waals surface area contributed by atoms with Gasteiger partial charge in [0.05, 0.1) is 15.5 Å². The van der Waals surface area contributed by atoms with E-state index in [1.54, 1.807) is 18.2 Å². The molecular weight excluding hydrogens is 324 g/mol. The van der Waals surface area contributed by atoms with E-state index in [-0.39, 0.29) is 21.8 Å². The van der Waals surface area contributed by atoms with Gasteiger partial charge in [0, 0.05) is 11.6 Å². The number of carbonyl (C=O) groups excluding carboxylic acids is 2. The summed E-state index contributed by atoms with van der Waals surface area (Å²) in [5, 5.41) is 11.0. The molecule has 0 aliphatic heterocycles. The van der Waals surface area contributed by atoms with E-state index in [4.69, 9.17) is 22.1 Å². The molecule has 0 radical (unpaired) electrons. The van der Waals surface area contributed by atoms with Gasteiger partial charge in [-0.1, -0.05) is 23.7 Å². The zero-order chi connectivity index (χ0) is 17.0. The summed E-state index contributed by atoms with van der Waals surface area (Å²) in [6.45, 7) is -0.527. The van der Waals surface area contributed by atoms with Crippen LogP contribution in [0.25, 0.3) is 0 Å². The number of hydrogen-bond donors (Lipinski definition) is 1. The number of anilines is 1. The molecule has 0 heterocycles. The van der Waals surface area contributed by atoms with Gasteiger partial charge >= 0.3 is 5.97 Å². The normalized spacial score (nSPS) is 10.1. The molecule has 2 rings (SSSR count). The van der Waals surface area contributed by atoms with Crippen LogP contribution in [0.4, 0.5) is 11.4 Å². The number of esters is 1. The Balaban J connectivity index is 2.08. The van der Waals surface area contributed by atoms with Crippen LogP contribution in [0.1, 0.15) is 20.7 Å². The second kappa shape index (κ2) is 6.89. The van der Waals surface area contributed by atoms with Gasteiger partial charge < -0.3 is 10.5 Å². The van der Waals surface area contributed by atoms with Crippen molar-refractivity contribution in [3.05, 3.63) is 68.7 Å². The average Bonchev–Trinajstić information content (AvgIpc) is 2.52. The number of benzene rings is 2. The van der Waals surface area contributed by atoms with Crippen LogP contribution < -0.4 is 5.73 Å². The second-order valence-electron chi connectivity index (χ2n) is 4.51. The fourth-order valence-electron chi connectivity index (χ4n) is 1.81. The number of nitrogens with two attached hydrogens (primary N) is 1. The Kier molecular flexibility index (Phi) is 4.92. The first kappa shape index (κ1) is 16.4. The summed E-state index contributed by atoms with van der Waals surface area (Å²) >= 11 is 5.87. The molecule has 118 valence electrons. The number of rotatable bonds is 5. The van der Waals surface area contributed by atoms with Crippen LogP contribution in [0.5, 0.6) is 0 Å². The predicted molar refractivity (Wildman–Crippen MR) is 83.6 cm³/mol. The lowest BCUT2D eigenvalue weighted by molar-refractivity contribution is -0.383. The topological polar surface area (TPSA) is 113 Å². The second-order valence-corrected chi connectivity index (χ2v) is 4.92. The first-order valence-electron chi connectivity index (χ1n) is 6.39. The summed E-state index contributed by atoms with van der Waals surface area (Å²) in [7, 11) is 0. The van der Waals surface area contributed by atoms with Crippen LogP contribution in [0.3, 0.4) is 0 Å². The highest BCUT2D eigenvalue weighted by Crippen LogP contribution is 2.23. The molecule has 0 aromatic heterocycles. The molecule has 0 aliphatic carbocycles. The first-order valence-corrected chi connectivity index (χ1v) is 6.76. The zero-order valence-corrected chi connectivity index (χ0v) is 12.4. The van der Waals surface area contributed by atoms with Crippen LogP contribution in [-0.2, 0) is 4.74 Å². The highest BCUT2D eigenvalue weighted by molar-refractivity contribution is 6.34. The number of carbonyl (C=O) groups is 2. The van der Waals surface area contributed by atoms with E-state index in [0.717, 1.165) is 6.07 Å². The number of nitrogens with zero attached hydrogens (tertiary/aromatic N) is 1. The Hall–Kier alpha value is -2.93. The van der Waals surface area contributed by atoms with Gasteiger partial charge in [0.25, 0.3) is 5.69 Å². The molecule has 0 bridgehead atoms. The Morgan fingerprint density at radius 3 is 2.57 bits per heavy atom. The molecule has 2 aromatic rings. The van der Waals surface area contributed by atoms with Crippen LogP contribution in [0, 0.1) is 10.1 Å². The molecule has 0 spiro atoms. The largest absolute Gasteiger partial charge is 0.454 e. The number of nitro benzene ring substituents is 1. The smallest absolute Gasteiger partial charge is 0.338 e. The standard InChI is InChI=1S/C15H11ClN2O5/c16-11-4-2-1-3-10(11)14(19)8-23-15(20)9-5-6-12(17)13(7-9)18(21)22/h1-7H,8,17H2. The van der Waals surface area contributed by atoms with E-state index in [2.05, 4.69) is 0 Å². The van der Waals surface area contributed by atoms with Gasteiger partial charge in [-0.3, -0.25) is 14.9 Å². The van der Waals surface area contributed by atoms with Gasteiger partial charge in [0.1, 0.15) is 5.69 Å². The summed E-state index contributed by atoms with van der Waals surface area (Å²) in [4.78, 5) is 33.9. The summed E-state index contributed by atoms with van der Waals surface area (Å²) in [5.74, 6) is -1.35. The number of hydrogen-bond acceptors (Lipinski definition) is 6. The SMILES string of the molecule is Nc1ccc(C(=O)OCC(=O)c2ccccc2Cl)cc1[N+](=O)[O-]. The minimum atomic E-state index is -0.867. The van der Waals surface area contributed by atoms with E-state index in [1.807, 2.05) is 0 Å². The van der Waals surface area contributed by atoms with E-state index >= 15 is 0 Å². The van der Waals surface area contributed by atoms with Gasteiger partial charge in [-0.05, 0) is 24.3 Å². The Bertz CT molecular complexity index is 791. The fourth-order valence-corrected chi connectivity index (χ4v) is 2.05. The number of nitro groups is 1. The number of nitrogen functional groups attached to an aromatic ring is 1. The van der Waals surface area contributed by atoms with E-state index in [1.165, 1.54) is 18.2 Å². The Labute approximate surface area is 135 Å². The lowest BCUT2D eigenvalue weighted by Gasteiger charge is -2.06. The van der Waals surface area contributed by atoms with E-state index in [0.29, 0.717) is 0 Å². The van der Waals surface area contributed by atoms with Crippen molar-refractivity contribution in [1.82, 2.24) is 0 Å². The molecule has 8 heteroatoms. The molecular formula is C15H11ClN2O5. The van der Waals surface area contributed by atoms with Gasteiger partial charge in [-0.2, -0.15) is 0 Å². The molecule has 0 atom stereocenters. The summed E-state index contributed by atoms with van der Waals surface area (Å²) in [6.07, 6.45) is 0. The van der Waals surface area contributed by atoms with Crippen LogP contribution in [-0.4, -0.2) is 23.3 Å². The quantitative estimate of drug-likeness (QED) is 0.296. The van der Waals surface area contributed by atoms with E-state index < -0.39 is 29.0 Å². The molecule has 0 saturated heterocycles. The number of Topliss-reactive ketones (excluding diaryl/α,β-unsaturated/α-hetero) is 1. The number of halogens is 1. The molecule has 0 aliphatic rings. The van der Waals surface area contributed by atoms with Crippen molar-refractivity contribution in [2.75, 3.05) is 12.3 Å². The van der Waals surface area contributed by atoms with Crippen molar-refractivity contribution in [3.8, 4) is 0 Å². The van der Waals surface area contributed by atoms with Crippen LogP contribution in [0.2, 0.25) is 5.02 Å². The average molecular weight is 335 g/mol. The predicted octanol–water partition coefficient (Wildman–Crippen LogP) is 2.87. The highest BCUT2D eigenvalue weighted by atomic mass is 35.5. The third-order valence-corrected chi connectivity index (χ3v) is 3.30. The van der Waals surface area contributed by atoms with Crippen molar-refractivity contribution < 1.29 is 19.2 Å². The summed E-state index contributed by atoms with van der Waals surface area (Å²) in [5.41, 5.74) is 5.12.